The first-order valence-electron chi connectivity index (χ1n) is 6.54. The summed E-state index contributed by atoms with van der Waals surface area (Å²) in [6.07, 6.45) is 0. The molecule has 22 heavy (non-hydrogen) atoms. The second-order valence-electron chi connectivity index (χ2n) is 4.80. The van der Waals surface area contributed by atoms with Crippen molar-refractivity contribution in [2.24, 2.45) is 10.8 Å². The van der Waals surface area contributed by atoms with Gasteiger partial charge in [-0.25, -0.2) is 5.43 Å². The zero-order valence-electron chi connectivity index (χ0n) is 11.8. The summed E-state index contributed by atoms with van der Waals surface area (Å²) in [7, 11) is 0. The number of halogens is 1. The minimum absolute atomic E-state index is 0.183. The van der Waals surface area contributed by atoms with Gasteiger partial charge in [-0.1, -0.05) is 15.9 Å². The molecule has 0 amide bonds. The van der Waals surface area contributed by atoms with Crippen molar-refractivity contribution in [1.29, 1.82) is 5.41 Å². The first-order chi connectivity index (χ1) is 10.6. The molecule has 0 saturated carbocycles. The molecule has 0 unspecified atom stereocenters. The van der Waals surface area contributed by atoms with E-state index >= 15 is 0 Å². The van der Waals surface area contributed by atoms with Crippen LogP contribution >= 0.6 is 27.3 Å². The zero-order valence-corrected chi connectivity index (χ0v) is 14.2. The number of guanidine groups is 1. The summed E-state index contributed by atoms with van der Waals surface area (Å²) < 4.78 is 1.00. The largest absolute Gasteiger partial charge is 0.369 e. The Hall–Kier alpha value is -2.12. The number of aromatic amines is 1. The highest BCUT2D eigenvalue weighted by molar-refractivity contribution is 9.10. The fraction of sp³-hybridized carbons (Fsp3) is 0.0667. The van der Waals surface area contributed by atoms with Crippen LogP contribution in [-0.2, 0) is 0 Å². The molecule has 3 aromatic rings. The lowest BCUT2D eigenvalue weighted by atomic mass is 10.0. The van der Waals surface area contributed by atoms with Gasteiger partial charge in [-0.15, -0.1) is 0 Å². The Morgan fingerprint density at radius 2 is 2.23 bits per heavy atom. The van der Waals surface area contributed by atoms with Gasteiger partial charge in [0.15, 0.2) is 0 Å². The van der Waals surface area contributed by atoms with Crippen molar-refractivity contribution >= 4 is 49.8 Å². The Labute approximate surface area is 139 Å². The van der Waals surface area contributed by atoms with Crippen LogP contribution in [0.5, 0.6) is 0 Å². The number of nitrogens with one attached hydrogen (secondary N) is 3. The minimum atomic E-state index is -0.183. The predicted octanol–water partition coefficient (Wildman–Crippen LogP) is 3.87. The molecule has 0 aliphatic carbocycles. The monoisotopic (exact) mass is 375 g/mol. The van der Waals surface area contributed by atoms with E-state index in [4.69, 9.17) is 11.1 Å². The summed E-state index contributed by atoms with van der Waals surface area (Å²) in [5.41, 5.74) is 12.8. The normalized spacial score (nSPS) is 11.8. The van der Waals surface area contributed by atoms with Gasteiger partial charge in [0.1, 0.15) is 0 Å². The van der Waals surface area contributed by atoms with E-state index in [0.29, 0.717) is 0 Å². The second kappa shape index (κ2) is 5.94. The maximum absolute atomic E-state index is 7.25. The van der Waals surface area contributed by atoms with E-state index in [1.165, 1.54) is 0 Å². The van der Waals surface area contributed by atoms with E-state index in [0.717, 1.165) is 37.9 Å². The molecule has 2 aromatic heterocycles. The molecule has 0 spiro atoms. The van der Waals surface area contributed by atoms with Crippen molar-refractivity contribution < 1.29 is 0 Å². The van der Waals surface area contributed by atoms with E-state index in [9.17, 15) is 0 Å². The molecule has 0 atom stereocenters. The number of benzene rings is 1. The molecule has 5 nitrogen and oxygen atoms in total. The minimum Gasteiger partial charge on any atom is -0.369 e. The Kier molecular flexibility index (Phi) is 4.00. The van der Waals surface area contributed by atoms with Gasteiger partial charge in [0.2, 0.25) is 5.96 Å². The number of aromatic nitrogens is 1. The number of H-pyrrole nitrogens is 1. The van der Waals surface area contributed by atoms with Gasteiger partial charge in [0.25, 0.3) is 0 Å². The van der Waals surface area contributed by atoms with E-state index in [-0.39, 0.29) is 5.96 Å². The van der Waals surface area contributed by atoms with Gasteiger partial charge in [0, 0.05) is 31.9 Å². The number of nitrogens with zero attached hydrogens (tertiary/aromatic N) is 1. The molecule has 0 fully saturated rings. The summed E-state index contributed by atoms with van der Waals surface area (Å²) in [5, 5.41) is 16.7. The van der Waals surface area contributed by atoms with Crippen LogP contribution in [0.1, 0.15) is 12.5 Å². The van der Waals surface area contributed by atoms with Gasteiger partial charge in [0.05, 0.1) is 11.4 Å². The van der Waals surface area contributed by atoms with Gasteiger partial charge in [-0.3, -0.25) is 5.41 Å². The fourth-order valence-electron chi connectivity index (χ4n) is 2.36. The lowest BCUT2D eigenvalue weighted by Crippen LogP contribution is -2.26. The zero-order chi connectivity index (χ0) is 15.7. The molecular formula is C15H14BrN5S. The molecule has 5 N–H and O–H groups in total. The number of nitrogens with two attached hydrogens (primary N) is 1. The van der Waals surface area contributed by atoms with Crippen LogP contribution in [0.3, 0.4) is 0 Å². The van der Waals surface area contributed by atoms with Crippen molar-refractivity contribution in [3.63, 3.8) is 0 Å². The molecule has 0 aliphatic rings. The van der Waals surface area contributed by atoms with Crippen LogP contribution in [0.25, 0.3) is 22.2 Å². The van der Waals surface area contributed by atoms with Gasteiger partial charge >= 0.3 is 0 Å². The predicted molar refractivity (Wildman–Crippen MR) is 96.6 cm³/mol. The molecule has 112 valence electrons. The van der Waals surface area contributed by atoms with Gasteiger partial charge < -0.3 is 10.7 Å². The fourth-order valence-corrected chi connectivity index (χ4v) is 3.37. The summed E-state index contributed by atoms with van der Waals surface area (Å²) in [6, 6.07) is 8.16. The number of rotatable bonds is 3. The Balaban J connectivity index is 2.24. The number of hydrogen-bond donors (Lipinski definition) is 4. The van der Waals surface area contributed by atoms with Crippen LogP contribution in [0.2, 0.25) is 0 Å². The second-order valence-corrected chi connectivity index (χ2v) is 6.50. The molecule has 0 radical (unpaired) electrons. The highest BCUT2D eigenvalue weighted by Crippen LogP contribution is 2.33. The first-order valence-corrected chi connectivity index (χ1v) is 8.28. The molecule has 3 rings (SSSR count). The maximum atomic E-state index is 7.25. The van der Waals surface area contributed by atoms with Crippen molar-refractivity contribution in [3.05, 3.63) is 45.1 Å². The third-order valence-electron chi connectivity index (χ3n) is 3.28. The molecule has 7 heteroatoms. The molecule has 2 heterocycles. The maximum Gasteiger partial charge on any atom is 0.206 e. The topological polar surface area (TPSA) is 90.1 Å². The highest BCUT2D eigenvalue weighted by atomic mass is 79.9. The van der Waals surface area contributed by atoms with Crippen LogP contribution in [0, 0.1) is 5.41 Å². The summed E-state index contributed by atoms with van der Waals surface area (Å²) >= 11 is 5.16. The van der Waals surface area contributed by atoms with Gasteiger partial charge in [-0.05, 0) is 36.6 Å². The van der Waals surface area contributed by atoms with E-state index in [2.05, 4.69) is 49.0 Å². The van der Waals surface area contributed by atoms with E-state index in [1.54, 1.807) is 11.3 Å². The van der Waals surface area contributed by atoms with E-state index in [1.807, 2.05) is 24.4 Å². The first kappa shape index (κ1) is 14.8. The lowest BCUT2D eigenvalue weighted by molar-refractivity contribution is 0.992. The number of thiophene rings is 1. The SMILES string of the molecule is C/C(=N/NC(=N)N)c1c(-c2ccsc2)[nH]c2ccc(Br)cc12. The Bertz CT molecular complexity index is 864. The molecule has 0 saturated heterocycles. The average Bonchev–Trinajstić information content (AvgIpc) is 3.11. The highest BCUT2D eigenvalue weighted by Gasteiger charge is 2.16. The Morgan fingerprint density at radius 1 is 1.41 bits per heavy atom. The van der Waals surface area contributed by atoms with Crippen molar-refractivity contribution in [3.8, 4) is 11.3 Å². The average molecular weight is 376 g/mol. The number of hydrazone groups is 1. The third-order valence-corrected chi connectivity index (χ3v) is 4.45. The Morgan fingerprint density at radius 3 is 2.91 bits per heavy atom. The van der Waals surface area contributed by atoms with Crippen LogP contribution in [-0.4, -0.2) is 16.7 Å². The summed E-state index contributed by atoms with van der Waals surface area (Å²) in [6.45, 7) is 1.90. The molecule has 1 aromatic carbocycles. The van der Waals surface area contributed by atoms with Crippen molar-refractivity contribution in [2.75, 3.05) is 0 Å². The van der Waals surface area contributed by atoms with Crippen molar-refractivity contribution in [1.82, 2.24) is 10.4 Å². The number of fused-ring (bicyclic) bond motifs is 1. The molecule has 0 aliphatic heterocycles. The van der Waals surface area contributed by atoms with Crippen LogP contribution in [0.4, 0.5) is 0 Å². The quantitative estimate of drug-likeness (QED) is 0.318. The van der Waals surface area contributed by atoms with Crippen LogP contribution < -0.4 is 11.2 Å². The summed E-state index contributed by atoms with van der Waals surface area (Å²) in [4.78, 5) is 3.45. The lowest BCUT2D eigenvalue weighted by Gasteiger charge is -2.04. The summed E-state index contributed by atoms with van der Waals surface area (Å²) in [5.74, 6) is -0.183. The smallest absolute Gasteiger partial charge is 0.206 e. The van der Waals surface area contributed by atoms with E-state index < -0.39 is 0 Å². The molecular weight excluding hydrogens is 362 g/mol. The standard InChI is InChI=1S/C15H14BrN5S/c1-8(20-21-15(17)18)13-11-6-10(16)2-3-12(11)19-14(13)9-4-5-22-7-9/h2-7,19H,1H3,(H4,17,18,21)/b20-8-. The van der Waals surface area contributed by atoms with Gasteiger partial charge in [-0.2, -0.15) is 16.4 Å². The van der Waals surface area contributed by atoms with Crippen LogP contribution in [0.15, 0.2) is 44.6 Å². The third kappa shape index (κ3) is 2.77. The number of hydrogen-bond acceptors (Lipinski definition) is 3. The van der Waals surface area contributed by atoms with Crippen molar-refractivity contribution in [2.45, 2.75) is 6.92 Å². The molecule has 0 bridgehead atoms.